The van der Waals surface area contributed by atoms with Crippen molar-refractivity contribution in [1.29, 1.82) is 0 Å². The van der Waals surface area contributed by atoms with Gasteiger partial charge in [-0.25, -0.2) is 14.7 Å². The minimum absolute atomic E-state index is 0.134. The lowest BCUT2D eigenvalue weighted by Crippen LogP contribution is -2.34. The second-order valence-corrected chi connectivity index (χ2v) is 3.39. The first-order chi connectivity index (χ1) is 8.04. The maximum atomic E-state index is 11.4. The maximum Gasteiger partial charge on any atom is 0.342 e. The van der Waals surface area contributed by atoms with E-state index in [-0.39, 0.29) is 5.82 Å². The highest BCUT2D eigenvalue weighted by Gasteiger charge is 2.16. The van der Waals surface area contributed by atoms with E-state index in [1.165, 1.54) is 6.92 Å². The van der Waals surface area contributed by atoms with Gasteiger partial charge < -0.3 is 10.1 Å². The first kappa shape index (κ1) is 12.9. The summed E-state index contributed by atoms with van der Waals surface area (Å²) in [6, 6.07) is -0.721. The molecular formula is C9H14N4O4. The average molecular weight is 242 g/mol. The third-order valence-electron chi connectivity index (χ3n) is 1.87. The van der Waals surface area contributed by atoms with Crippen LogP contribution in [0.4, 0.5) is 5.82 Å². The second-order valence-electron chi connectivity index (χ2n) is 3.39. The van der Waals surface area contributed by atoms with Gasteiger partial charge in [0.2, 0.25) is 5.82 Å². The SMILES string of the molecule is CCCOC(=O)[C@H](C)Nc1n[nH]c(=O)[nH]c1=O. The quantitative estimate of drug-likeness (QED) is 0.582. The number of rotatable bonds is 5. The Balaban J connectivity index is 2.67. The number of carbonyl (C=O) groups is 1. The molecule has 8 heteroatoms. The summed E-state index contributed by atoms with van der Waals surface area (Å²) < 4.78 is 4.88. The molecule has 0 aliphatic rings. The van der Waals surface area contributed by atoms with Gasteiger partial charge in [0.25, 0.3) is 5.56 Å². The second kappa shape index (κ2) is 5.83. The monoisotopic (exact) mass is 242 g/mol. The predicted octanol–water partition coefficient (Wildman–Crippen LogP) is -0.788. The molecule has 0 unspecified atom stereocenters. The van der Waals surface area contributed by atoms with Crippen LogP contribution in [0.1, 0.15) is 20.3 Å². The Morgan fingerprint density at radius 2 is 2.24 bits per heavy atom. The third kappa shape index (κ3) is 3.74. The van der Waals surface area contributed by atoms with E-state index in [1.54, 1.807) is 0 Å². The van der Waals surface area contributed by atoms with E-state index in [1.807, 2.05) is 11.9 Å². The van der Waals surface area contributed by atoms with E-state index in [2.05, 4.69) is 15.5 Å². The van der Waals surface area contributed by atoms with E-state index in [4.69, 9.17) is 4.74 Å². The van der Waals surface area contributed by atoms with Gasteiger partial charge in [0.1, 0.15) is 6.04 Å². The predicted molar refractivity (Wildman–Crippen MR) is 59.8 cm³/mol. The third-order valence-corrected chi connectivity index (χ3v) is 1.87. The summed E-state index contributed by atoms with van der Waals surface area (Å²) in [6.45, 7) is 3.73. The van der Waals surface area contributed by atoms with Crippen molar-refractivity contribution in [2.24, 2.45) is 0 Å². The van der Waals surface area contributed by atoms with Crippen LogP contribution in [0.15, 0.2) is 9.59 Å². The number of esters is 1. The molecule has 0 fully saturated rings. The number of hydrogen-bond acceptors (Lipinski definition) is 6. The van der Waals surface area contributed by atoms with Crippen molar-refractivity contribution in [2.75, 3.05) is 11.9 Å². The molecule has 0 saturated heterocycles. The lowest BCUT2D eigenvalue weighted by atomic mass is 10.3. The summed E-state index contributed by atoms with van der Waals surface area (Å²) in [5.74, 6) is -0.621. The van der Waals surface area contributed by atoms with Crippen LogP contribution in [0.25, 0.3) is 0 Å². The molecule has 1 heterocycles. The standard InChI is InChI=1S/C9H14N4O4/c1-3-4-17-8(15)5(2)10-6-7(14)11-9(16)13-12-6/h5H,3-4H2,1-2H3,(H,10,12)(H2,11,13,14,16)/t5-/m0/s1. The van der Waals surface area contributed by atoms with Gasteiger partial charge in [-0.1, -0.05) is 6.92 Å². The fraction of sp³-hybridized carbons (Fsp3) is 0.556. The highest BCUT2D eigenvalue weighted by atomic mass is 16.5. The van der Waals surface area contributed by atoms with Gasteiger partial charge in [0, 0.05) is 0 Å². The molecule has 17 heavy (non-hydrogen) atoms. The molecule has 0 aliphatic carbocycles. The summed E-state index contributed by atoms with van der Waals surface area (Å²) >= 11 is 0. The summed E-state index contributed by atoms with van der Waals surface area (Å²) in [5, 5.41) is 8.08. The van der Waals surface area contributed by atoms with Crippen LogP contribution in [0.5, 0.6) is 0 Å². The highest BCUT2D eigenvalue weighted by Crippen LogP contribution is 1.96. The van der Waals surface area contributed by atoms with E-state index in [9.17, 15) is 14.4 Å². The largest absolute Gasteiger partial charge is 0.464 e. The number of anilines is 1. The molecule has 0 amide bonds. The topological polar surface area (TPSA) is 117 Å². The highest BCUT2D eigenvalue weighted by molar-refractivity contribution is 5.78. The van der Waals surface area contributed by atoms with Crippen molar-refractivity contribution in [3.63, 3.8) is 0 Å². The number of carbonyl (C=O) groups excluding carboxylic acids is 1. The molecule has 1 atom stereocenters. The molecule has 3 N–H and O–H groups in total. The first-order valence-corrected chi connectivity index (χ1v) is 5.16. The van der Waals surface area contributed by atoms with Gasteiger partial charge in [-0.05, 0) is 13.3 Å². The molecule has 1 rings (SSSR count). The number of hydrogen-bond donors (Lipinski definition) is 3. The van der Waals surface area contributed by atoms with Crippen LogP contribution in [-0.4, -0.2) is 33.8 Å². The summed E-state index contributed by atoms with van der Waals surface area (Å²) in [5.41, 5.74) is -1.40. The van der Waals surface area contributed by atoms with E-state index >= 15 is 0 Å². The van der Waals surface area contributed by atoms with Crippen molar-refractivity contribution < 1.29 is 9.53 Å². The van der Waals surface area contributed by atoms with Crippen molar-refractivity contribution in [3.05, 3.63) is 20.8 Å². The van der Waals surface area contributed by atoms with Gasteiger partial charge in [-0.15, -0.1) is 5.10 Å². The summed E-state index contributed by atoms with van der Waals surface area (Å²) in [7, 11) is 0. The lowest BCUT2D eigenvalue weighted by molar-refractivity contribution is -0.144. The molecule has 0 aliphatic heterocycles. The fourth-order valence-corrected chi connectivity index (χ4v) is 1.04. The minimum atomic E-state index is -0.721. The normalized spacial score (nSPS) is 11.9. The molecule has 0 radical (unpaired) electrons. The Morgan fingerprint density at radius 1 is 1.53 bits per heavy atom. The molecule has 0 spiro atoms. The Bertz CT molecular complexity index is 492. The number of aromatic nitrogens is 3. The Labute approximate surface area is 96.4 Å². The van der Waals surface area contributed by atoms with Crippen molar-refractivity contribution in [2.45, 2.75) is 26.3 Å². The molecule has 8 nitrogen and oxygen atoms in total. The Morgan fingerprint density at radius 3 is 2.82 bits per heavy atom. The van der Waals surface area contributed by atoms with Gasteiger partial charge in [-0.3, -0.25) is 9.78 Å². The van der Waals surface area contributed by atoms with Gasteiger partial charge in [0.05, 0.1) is 6.61 Å². The smallest absolute Gasteiger partial charge is 0.342 e. The van der Waals surface area contributed by atoms with Crippen molar-refractivity contribution in [1.82, 2.24) is 15.2 Å². The maximum absolute atomic E-state index is 11.4. The molecule has 0 aromatic carbocycles. The van der Waals surface area contributed by atoms with Crippen LogP contribution in [0.2, 0.25) is 0 Å². The number of nitrogens with zero attached hydrogens (tertiary/aromatic N) is 1. The molecule has 94 valence electrons. The lowest BCUT2D eigenvalue weighted by Gasteiger charge is -2.12. The molecule has 0 bridgehead atoms. The van der Waals surface area contributed by atoms with Gasteiger partial charge in [0.15, 0.2) is 0 Å². The number of H-pyrrole nitrogens is 2. The number of aromatic amines is 2. The zero-order chi connectivity index (χ0) is 12.8. The van der Waals surface area contributed by atoms with E-state index < -0.39 is 23.3 Å². The Hall–Kier alpha value is -2.12. The van der Waals surface area contributed by atoms with Crippen molar-refractivity contribution >= 4 is 11.8 Å². The van der Waals surface area contributed by atoms with Gasteiger partial charge in [-0.2, -0.15) is 0 Å². The van der Waals surface area contributed by atoms with Crippen LogP contribution in [-0.2, 0) is 9.53 Å². The molecule has 1 aromatic rings. The zero-order valence-electron chi connectivity index (χ0n) is 9.57. The van der Waals surface area contributed by atoms with Crippen molar-refractivity contribution in [3.8, 4) is 0 Å². The van der Waals surface area contributed by atoms with E-state index in [0.717, 1.165) is 6.42 Å². The number of ether oxygens (including phenoxy) is 1. The van der Waals surface area contributed by atoms with Crippen LogP contribution >= 0.6 is 0 Å². The van der Waals surface area contributed by atoms with Crippen LogP contribution in [0.3, 0.4) is 0 Å². The van der Waals surface area contributed by atoms with Crippen LogP contribution < -0.4 is 16.6 Å². The molecule has 0 saturated carbocycles. The molecular weight excluding hydrogens is 228 g/mol. The summed E-state index contributed by atoms with van der Waals surface area (Å²) in [6.07, 6.45) is 0.718. The zero-order valence-corrected chi connectivity index (χ0v) is 9.57. The number of nitrogens with one attached hydrogen (secondary N) is 3. The Kier molecular flexibility index (Phi) is 4.44. The van der Waals surface area contributed by atoms with E-state index in [0.29, 0.717) is 6.61 Å². The average Bonchev–Trinajstić information content (AvgIpc) is 2.29. The van der Waals surface area contributed by atoms with Gasteiger partial charge >= 0.3 is 11.7 Å². The minimum Gasteiger partial charge on any atom is -0.464 e. The summed E-state index contributed by atoms with van der Waals surface area (Å²) in [4.78, 5) is 35.3. The first-order valence-electron chi connectivity index (χ1n) is 5.16. The molecule has 1 aromatic heterocycles. The van der Waals surface area contributed by atoms with Crippen LogP contribution in [0, 0.1) is 0 Å². The fourth-order valence-electron chi connectivity index (χ4n) is 1.04.